The molecule has 0 radical (unpaired) electrons. The first-order valence-corrected chi connectivity index (χ1v) is 10.4. The quantitative estimate of drug-likeness (QED) is 0.684. The van der Waals surface area contributed by atoms with Crippen molar-refractivity contribution in [2.45, 2.75) is 33.1 Å². The molecule has 0 aliphatic carbocycles. The molecule has 0 atom stereocenters. The van der Waals surface area contributed by atoms with Crippen LogP contribution in [0.3, 0.4) is 0 Å². The van der Waals surface area contributed by atoms with Crippen LogP contribution in [0.15, 0.2) is 24.3 Å². The van der Waals surface area contributed by atoms with Gasteiger partial charge in [-0.3, -0.25) is 4.79 Å². The van der Waals surface area contributed by atoms with Gasteiger partial charge < -0.3 is 5.32 Å². The van der Waals surface area contributed by atoms with Crippen LogP contribution in [0.25, 0.3) is 0 Å². The lowest BCUT2D eigenvalue weighted by atomic mass is 10.1. The average Bonchev–Trinajstić information content (AvgIpc) is 2.45. The lowest BCUT2D eigenvalue weighted by molar-refractivity contribution is -0.121. The first-order valence-electron chi connectivity index (χ1n) is 8.14. The maximum absolute atomic E-state index is 11.9. The zero-order valence-corrected chi connectivity index (χ0v) is 16.2. The molecule has 1 aromatic rings. The Bertz CT molecular complexity index is 632. The van der Waals surface area contributed by atoms with Crippen molar-refractivity contribution in [3.63, 3.8) is 0 Å². The highest BCUT2D eigenvalue weighted by Gasteiger charge is 2.17. The maximum atomic E-state index is 11.9. The molecule has 0 bridgehead atoms. The largest absolute Gasteiger partial charge is 0.356 e. The number of carbonyl (C=O) groups excluding carboxylic acids is 1. The number of nitrogens with zero attached hydrogens (tertiary/aromatic N) is 1. The van der Waals surface area contributed by atoms with Crippen molar-refractivity contribution in [3.8, 4) is 0 Å². The summed E-state index contributed by atoms with van der Waals surface area (Å²) < 4.78 is 25.2. The lowest BCUT2D eigenvalue weighted by Crippen LogP contribution is -2.36. The van der Waals surface area contributed by atoms with Gasteiger partial charge in [0.05, 0.1) is 6.26 Å². The van der Waals surface area contributed by atoms with Crippen LogP contribution in [0.1, 0.15) is 32.3 Å². The summed E-state index contributed by atoms with van der Waals surface area (Å²) in [5.74, 6) is 0.405. The molecule has 0 aliphatic heterocycles. The molecule has 24 heavy (non-hydrogen) atoms. The summed E-state index contributed by atoms with van der Waals surface area (Å²) in [6.07, 6.45) is 2.81. The molecule has 5 nitrogen and oxygen atoms in total. The highest BCUT2D eigenvalue weighted by Crippen LogP contribution is 2.12. The van der Waals surface area contributed by atoms with E-state index in [1.807, 2.05) is 18.2 Å². The van der Waals surface area contributed by atoms with E-state index in [0.29, 0.717) is 30.5 Å². The smallest absolute Gasteiger partial charge is 0.221 e. The molecular weight excluding hydrogens is 348 g/mol. The van der Waals surface area contributed by atoms with Crippen LogP contribution < -0.4 is 5.32 Å². The fourth-order valence-corrected chi connectivity index (χ4v) is 3.26. The minimum absolute atomic E-state index is 0.118. The molecular formula is C17H27ClN2O3S. The fourth-order valence-electron chi connectivity index (χ4n) is 2.20. The van der Waals surface area contributed by atoms with Crippen molar-refractivity contribution in [3.05, 3.63) is 34.9 Å². The van der Waals surface area contributed by atoms with Gasteiger partial charge in [-0.2, -0.15) is 0 Å². The predicted octanol–water partition coefficient (Wildman–Crippen LogP) is 2.70. The minimum atomic E-state index is -3.35. The molecule has 0 fully saturated rings. The summed E-state index contributed by atoms with van der Waals surface area (Å²) >= 11 is 5.94. The van der Waals surface area contributed by atoms with E-state index in [1.165, 1.54) is 10.6 Å². The van der Waals surface area contributed by atoms with Gasteiger partial charge in [0.1, 0.15) is 0 Å². The van der Waals surface area contributed by atoms with Crippen molar-refractivity contribution >= 4 is 27.5 Å². The number of halogens is 1. The standard InChI is InChI=1S/C17H27ClN2O3S/c1-14(2)7-10-19-17(21)9-12-20(24(3,22)23)11-8-15-5-4-6-16(18)13-15/h4-6,13-14H,7-12H2,1-3H3,(H,19,21). The molecule has 1 aromatic carbocycles. The highest BCUT2D eigenvalue weighted by atomic mass is 35.5. The molecule has 0 unspecified atom stereocenters. The summed E-state index contributed by atoms with van der Waals surface area (Å²) in [6, 6.07) is 7.34. The first-order chi connectivity index (χ1) is 11.2. The van der Waals surface area contributed by atoms with E-state index >= 15 is 0 Å². The monoisotopic (exact) mass is 374 g/mol. The number of amides is 1. The molecule has 1 rings (SSSR count). The van der Waals surface area contributed by atoms with E-state index in [4.69, 9.17) is 11.6 Å². The van der Waals surface area contributed by atoms with Gasteiger partial charge in [-0.25, -0.2) is 12.7 Å². The minimum Gasteiger partial charge on any atom is -0.356 e. The summed E-state index contributed by atoms with van der Waals surface area (Å²) in [5, 5.41) is 3.45. The normalized spacial score (nSPS) is 11.9. The van der Waals surface area contributed by atoms with Crippen LogP contribution in [-0.2, 0) is 21.2 Å². The molecule has 1 amide bonds. The fraction of sp³-hybridized carbons (Fsp3) is 0.588. The Balaban J connectivity index is 2.50. The topological polar surface area (TPSA) is 66.5 Å². The number of benzene rings is 1. The Morgan fingerprint density at radius 1 is 1.29 bits per heavy atom. The van der Waals surface area contributed by atoms with Crippen LogP contribution >= 0.6 is 11.6 Å². The van der Waals surface area contributed by atoms with Crippen LogP contribution in [0.2, 0.25) is 5.02 Å². The zero-order valence-electron chi connectivity index (χ0n) is 14.6. The van der Waals surface area contributed by atoms with E-state index in [0.717, 1.165) is 12.0 Å². The molecule has 0 aromatic heterocycles. The third-order valence-corrected chi connectivity index (χ3v) is 5.18. The molecule has 0 saturated carbocycles. The Morgan fingerprint density at radius 3 is 2.58 bits per heavy atom. The summed E-state index contributed by atoms with van der Waals surface area (Å²) in [5.41, 5.74) is 0.970. The molecule has 7 heteroatoms. The van der Waals surface area contributed by atoms with Crippen molar-refractivity contribution in [1.29, 1.82) is 0 Å². The molecule has 136 valence electrons. The van der Waals surface area contributed by atoms with Crippen LogP contribution in [0, 0.1) is 5.92 Å². The second kappa shape index (κ2) is 10.0. The van der Waals surface area contributed by atoms with Crippen molar-refractivity contribution < 1.29 is 13.2 Å². The van der Waals surface area contributed by atoms with E-state index in [2.05, 4.69) is 19.2 Å². The van der Waals surface area contributed by atoms with Gasteiger partial charge in [-0.15, -0.1) is 0 Å². The van der Waals surface area contributed by atoms with Crippen molar-refractivity contribution in [1.82, 2.24) is 9.62 Å². The summed E-state index contributed by atoms with van der Waals surface area (Å²) in [7, 11) is -3.35. The third-order valence-electron chi connectivity index (χ3n) is 3.64. The van der Waals surface area contributed by atoms with Gasteiger partial charge in [-0.05, 0) is 36.5 Å². The second-order valence-corrected chi connectivity index (χ2v) is 8.74. The van der Waals surface area contributed by atoms with E-state index in [-0.39, 0.29) is 18.9 Å². The van der Waals surface area contributed by atoms with Gasteiger partial charge in [-0.1, -0.05) is 37.6 Å². The second-order valence-electron chi connectivity index (χ2n) is 6.32. The van der Waals surface area contributed by atoms with Crippen molar-refractivity contribution in [2.24, 2.45) is 5.92 Å². The SMILES string of the molecule is CC(C)CCNC(=O)CCN(CCc1cccc(Cl)c1)S(C)(=O)=O. The third kappa shape index (κ3) is 8.66. The Morgan fingerprint density at radius 2 is 2.00 bits per heavy atom. The molecule has 0 spiro atoms. The highest BCUT2D eigenvalue weighted by molar-refractivity contribution is 7.88. The summed E-state index contributed by atoms with van der Waals surface area (Å²) in [6.45, 7) is 5.32. The van der Waals surface area contributed by atoms with E-state index in [9.17, 15) is 13.2 Å². The number of rotatable bonds is 10. The van der Waals surface area contributed by atoms with Crippen LogP contribution in [0.5, 0.6) is 0 Å². The number of carbonyl (C=O) groups is 1. The molecule has 0 aliphatic rings. The van der Waals surface area contributed by atoms with Gasteiger partial charge >= 0.3 is 0 Å². The molecule has 0 heterocycles. The van der Waals surface area contributed by atoms with Gasteiger partial charge in [0, 0.05) is 31.1 Å². The Kier molecular flexibility index (Phi) is 8.73. The molecule has 1 N–H and O–H groups in total. The van der Waals surface area contributed by atoms with Crippen LogP contribution in [-0.4, -0.2) is 44.5 Å². The number of hydrogen-bond donors (Lipinski definition) is 1. The van der Waals surface area contributed by atoms with Gasteiger partial charge in [0.25, 0.3) is 0 Å². The lowest BCUT2D eigenvalue weighted by Gasteiger charge is -2.20. The van der Waals surface area contributed by atoms with Crippen LogP contribution in [0.4, 0.5) is 0 Å². The first kappa shape index (κ1) is 20.9. The van der Waals surface area contributed by atoms with Gasteiger partial charge in [0.2, 0.25) is 15.9 Å². The zero-order chi connectivity index (χ0) is 18.2. The number of nitrogens with one attached hydrogen (secondary N) is 1. The Hall–Kier alpha value is -1.11. The number of hydrogen-bond acceptors (Lipinski definition) is 3. The number of sulfonamides is 1. The van der Waals surface area contributed by atoms with E-state index < -0.39 is 10.0 Å². The average molecular weight is 375 g/mol. The van der Waals surface area contributed by atoms with Crippen molar-refractivity contribution in [2.75, 3.05) is 25.9 Å². The van der Waals surface area contributed by atoms with E-state index in [1.54, 1.807) is 6.07 Å². The van der Waals surface area contributed by atoms with Gasteiger partial charge in [0.15, 0.2) is 0 Å². The molecule has 0 saturated heterocycles. The predicted molar refractivity (Wildman–Crippen MR) is 98.7 cm³/mol. The maximum Gasteiger partial charge on any atom is 0.221 e. The Labute approximate surface area is 150 Å². The summed E-state index contributed by atoms with van der Waals surface area (Å²) in [4.78, 5) is 11.8.